The second-order valence-electron chi connectivity index (χ2n) is 5.25. The van der Waals surface area contributed by atoms with Crippen LogP contribution in [0.2, 0.25) is 0 Å². The number of ether oxygens (including phenoxy) is 2. The van der Waals surface area contributed by atoms with Crippen LogP contribution in [0.5, 0.6) is 11.5 Å². The van der Waals surface area contributed by atoms with Crippen LogP contribution in [0.1, 0.15) is 13.8 Å². The number of benzene rings is 1. The Balaban J connectivity index is 2.39. The summed E-state index contributed by atoms with van der Waals surface area (Å²) in [6.45, 7) is 3.79. The van der Waals surface area contributed by atoms with E-state index in [0.29, 0.717) is 17.2 Å². The van der Waals surface area contributed by atoms with Gasteiger partial charge in [0, 0.05) is 6.07 Å². The normalized spacial score (nSPS) is 18.7. The fourth-order valence-corrected chi connectivity index (χ4v) is 2.33. The van der Waals surface area contributed by atoms with Gasteiger partial charge in [-0.2, -0.15) is 0 Å². The van der Waals surface area contributed by atoms with Crippen molar-refractivity contribution in [2.75, 3.05) is 25.7 Å². The molecule has 2 rings (SSSR count). The fourth-order valence-electron chi connectivity index (χ4n) is 2.33. The maximum Gasteiger partial charge on any atom is 0.250 e. The molecule has 0 aromatic heterocycles. The lowest BCUT2D eigenvalue weighted by Crippen LogP contribution is -2.60. The predicted octanol–water partition coefficient (Wildman–Crippen LogP) is 1.19. The Labute approximate surface area is 124 Å². The smallest absolute Gasteiger partial charge is 0.250 e. The van der Waals surface area contributed by atoms with Crippen LogP contribution in [-0.2, 0) is 9.59 Å². The van der Waals surface area contributed by atoms with Gasteiger partial charge in [0.05, 0.1) is 19.9 Å². The van der Waals surface area contributed by atoms with Crippen LogP contribution in [0, 0.1) is 5.92 Å². The number of carbonyl (C=O) groups is 2. The number of carbonyl (C=O) groups excluding carboxylic acids is 2. The molecule has 1 aromatic rings. The van der Waals surface area contributed by atoms with Crippen LogP contribution >= 0.6 is 0 Å². The first kappa shape index (κ1) is 15.2. The van der Waals surface area contributed by atoms with E-state index in [1.165, 1.54) is 12.0 Å². The number of hydrogen-bond donors (Lipinski definition) is 1. The third-order valence-corrected chi connectivity index (χ3v) is 3.49. The summed E-state index contributed by atoms with van der Waals surface area (Å²) in [7, 11) is 3.08. The van der Waals surface area contributed by atoms with E-state index < -0.39 is 6.04 Å². The summed E-state index contributed by atoms with van der Waals surface area (Å²) in [4.78, 5) is 25.9. The van der Waals surface area contributed by atoms with Crippen molar-refractivity contribution < 1.29 is 19.1 Å². The van der Waals surface area contributed by atoms with Gasteiger partial charge >= 0.3 is 0 Å². The van der Waals surface area contributed by atoms with E-state index in [0.717, 1.165) is 0 Å². The quantitative estimate of drug-likeness (QED) is 0.905. The fraction of sp³-hybridized carbons (Fsp3) is 0.467. The van der Waals surface area contributed by atoms with Crippen LogP contribution in [0.25, 0.3) is 0 Å². The molecule has 0 bridgehead atoms. The van der Waals surface area contributed by atoms with Gasteiger partial charge in [-0.25, -0.2) is 0 Å². The molecule has 1 N–H and O–H groups in total. The van der Waals surface area contributed by atoms with Gasteiger partial charge in [0.2, 0.25) is 11.8 Å². The van der Waals surface area contributed by atoms with E-state index in [1.807, 2.05) is 13.8 Å². The van der Waals surface area contributed by atoms with Gasteiger partial charge < -0.3 is 14.8 Å². The van der Waals surface area contributed by atoms with Crippen molar-refractivity contribution in [2.24, 2.45) is 5.92 Å². The number of piperazine rings is 1. The molecule has 0 saturated carbocycles. The summed E-state index contributed by atoms with van der Waals surface area (Å²) >= 11 is 0. The number of hydrogen-bond acceptors (Lipinski definition) is 4. The molecule has 1 aliphatic heterocycles. The SMILES string of the molecule is COc1ccc(N2CC(=O)NC(C(C)C)C2=O)c(OC)c1. The van der Waals surface area contributed by atoms with Crippen molar-refractivity contribution in [2.45, 2.75) is 19.9 Å². The van der Waals surface area contributed by atoms with E-state index in [1.54, 1.807) is 25.3 Å². The summed E-state index contributed by atoms with van der Waals surface area (Å²) in [6.07, 6.45) is 0. The lowest BCUT2D eigenvalue weighted by atomic mass is 10.00. The Bertz CT molecular complexity index is 557. The first-order valence-corrected chi connectivity index (χ1v) is 6.80. The van der Waals surface area contributed by atoms with E-state index in [2.05, 4.69) is 5.32 Å². The number of nitrogens with zero attached hydrogens (tertiary/aromatic N) is 1. The van der Waals surface area contributed by atoms with Crippen molar-refractivity contribution in [3.63, 3.8) is 0 Å². The molecule has 1 atom stereocenters. The lowest BCUT2D eigenvalue weighted by molar-refractivity contribution is -0.132. The van der Waals surface area contributed by atoms with Crippen LogP contribution in [0.15, 0.2) is 18.2 Å². The molecule has 1 unspecified atom stereocenters. The number of methoxy groups -OCH3 is 2. The summed E-state index contributed by atoms with van der Waals surface area (Å²) in [5, 5.41) is 2.73. The Morgan fingerprint density at radius 1 is 1.24 bits per heavy atom. The molecule has 1 aliphatic rings. The van der Waals surface area contributed by atoms with Gasteiger partial charge in [0.1, 0.15) is 24.1 Å². The third kappa shape index (κ3) is 2.94. The van der Waals surface area contributed by atoms with Crippen LogP contribution < -0.4 is 19.7 Å². The first-order valence-electron chi connectivity index (χ1n) is 6.80. The zero-order valence-corrected chi connectivity index (χ0v) is 12.7. The monoisotopic (exact) mass is 292 g/mol. The van der Waals surface area contributed by atoms with Gasteiger partial charge in [0.25, 0.3) is 0 Å². The number of anilines is 1. The topological polar surface area (TPSA) is 67.9 Å². The summed E-state index contributed by atoms with van der Waals surface area (Å²) in [5.74, 6) is 0.845. The second-order valence-corrected chi connectivity index (χ2v) is 5.25. The minimum absolute atomic E-state index is 0.00918. The lowest BCUT2D eigenvalue weighted by Gasteiger charge is -2.35. The van der Waals surface area contributed by atoms with E-state index in [9.17, 15) is 9.59 Å². The van der Waals surface area contributed by atoms with Crippen molar-refractivity contribution in [3.05, 3.63) is 18.2 Å². The van der Waals surface area contributed by atoms with Gasteiger partial charge in [-0.1, -0.05) is 13.8 Å². The summed E-state index contributed by atoms with van der Waals surface area (Å²) < 4.78 is 10.5. The molecule has 0 aliphatic carbocycles. The van der Waals surface area contributed by atoms with E-state index in [-0.39, 0.29) is 24.3 Å². The maximum absolute atomic E-state index is 12.6. The Morgan fingerprint density at radius 3 is 2.52 bits per heavy atom. The molecule has 1 aromatic carbocycles. The van der Waals surface area contributed by atoms with E-state index >= 15 is 0 Å². The van der Waals surface area contributed by atoms with Gasteiger partial charge in [-0.3, -0.25) is 14.5 Å². The molecule has 1 saturated heterocycles. The first-order chi connectivity index (χ1) is 9.97. The van der Waals surface area contributed by atoms with Gasteiger partial charge in [-0.15, -0.1) is 0 Å². The Kier molecular flexibility index (Phi) is 4.35. The molecule has 0 spiro atoms. The van der Waals surface area contributed by atoms with E-state index in [4.69, 9.17) is 9.47 Å². The zero-order valence-electron chi connectivity index (χ0n) is 12.7. The zero-order chi connectivity index (χ0) is 15.6. The molecule has 1 fully saturated rings. The van der Waals surface area contributed by atoms with Gasteiger partial charge in [-0.05, 0) is 18.1 Å². The maximum atomic E-state index is 12.6. The molecular weight excluding hydrogens is 272 g/mol. The molecule has 2 amide bonds. The molecule has 21 heavy (non-hydrogen) atoms. The molecule has 6 heteroatoms. The highest BCUT2D eigenvalue weighted by Gasteiger charge is 2.36. The average molecular weight is 292 g/mol. The largest absolute Gasteiger partial charge is 0.497 e. The molecule has 114 valence electrons. The van der Waals surface area contributed by atoms with Crippen molar-refractivity contribution in [1.29, 1.82) is 0 Å². The third-order valence-electron chi connectivity index (χ3n) is 3.49. The molecule has 0 radical (unpaired) electrons. The molecular formula is C15H20N2O4. The minimum Gasteiger partial charge on any atom is -0.497 e. The predicted molar refractivity (Wildman–Crippen MR) is 78.7 cm³/mol. The number of rotatable bonds is 4. The van der Waals surface area contributed by atoms with Crippen LogP contribution in [0.4, 0.5) is 5.69 Å². The summed E-state index contributed by atoms with van der Waals surface area (Å²) in [6, 6.07) is 4.64. The summed E-state index contributed by atoms with van der Waals surface area (Å²) in [5.41, 5.74) is 0.573. The van der Waals surface area contributed by atoms with Crippen LogP contribution in [-0.4, -0.2) is 38.6 Å². The van der Waals surface area contributed by atoms with Crippen molar-refractivity contribution in [3.8, 4) is 11.5 Å². The van der Waals surface area contributed by atoms with Crippen molar-refractivity contribution >= 4 is 17.5 Å². The van der Waals surface area contributed by atoms with Gasteiger partial charge in [0.15, 0.2) is 0 Å². The second kappa shape index (κ2) is 6.03. The highest BCUT2D eigenvalue weighted by atomic mass is 16.5. The molecule has 1 heterocycles. The van der Waals surface area contributed by atoms with Crippen molar-refractivity contribution in [1.82, 2.24) is 5.32 Å². The van der Waals surface area contributed by atoms with Crippen LogP contribution in [0.3, 0.4) is 0 Å². The minimum atomic E-state index is -0.516. The average Bonchev–Trinajstić information content (AvgIpc) is 2.48. The highest BCUT2D eigenvalue weighted by molar-refractivity contribution is 6.07. The number of amides is 2. The number of nitrogens with one attached hydrogen (secondary N) is 1. The molecule has 6 nitrogen and oxygen atoms in total. The standard InChI is InChI=1S/C15H20N2O4/c1-9(2)14-15(19)17(8-13(18)16-14)11-6-5-10(20-3)7-12(11)21-4/h5-7,9,14H,8H2,1-4H3,(H,16,18). The Hall–Kier alpha value is -2.24. The highest BCUT2D eigenvalue weighted by Crippen LogP contribution is 2.33. The Morgan fingerprint density at radius 2 is 1.95 bits per heavy atom.